The van der Waals surface area contributed by atoms with E-state index in [1.54, 1.807) is 0 Å². The minimum absolute atomic E-state index is 0.126. The van der Waals surface area contributed by atoms with Crippen molar-refractivity contribution >= 4 is 15.7 Å². The van der Waals surface area contributed by atoms with Gasteiger partial charge in [0.15, 0.2) is 0 Å². The quantitative estimate of drug-likeness (QED) is 0.657. The van der Waals surface area contributed by atoms with E-state index < -0.39 is 21.9 Å². The van der Waals surface area contributed by atoms with Gasteiger partial charge in [-0.25, -0.2) is 17.5 Å². The third kappa shape index (κ3) is 3.16. The van der Waals surface area contributed by atoms with Crippen molar-refractivity contribution in [2.24, 2.45) is 0 Å². The van der Waals surface area contributed by atoms with Crippen LogP contribution in [0, 0.1) is 5.82 Å². The number of nitrogens with one attached hydrogen (secondary N) is 1. The topological polar surface area (TPSA) is 92.4 Å². The van der Waals surface area contributed by atoms with Crippen LogP contribution >= 0.6 is 0 Å². The smallest absolute Gasteiger partial charge is 0.242 e. The van der Waals surface area contributed by atoms with Gasteiger partial charge in [0, 0.05) is 6.54 Å². The lowest BCUT2D eigenvalue weighted by Crippen LogP contribution is -2.31. The van der Waals surface area contributed by atoms with Crippen LogP contribution in [-0.4, -0.2) is 26.2 Å². The molecule has 0 saturated carbocycles. The third-order valence-corrected chi connectivity index (χ3v) is 3.33. The Kier molecular flexibility index (Phi) is 3.84. The second-order valence-corrected chi connectivity index (χ2v) is 5.12. The van der Waals surface area contributed by atoms with Crippen molar-refractivity contribution in [3.05, 3.63) is 24.0 Å². The lowest BCUT2D eigenvalue weighted by Gasteiger charge is -2.10. The summed E-state index contributed by atoms with van der Waals surface area (Å²) in [7, 11) is -3.80. The first-order chi connectivity index (χ1) is 7.33. The number of sulfonamides is 1. The fourth-order valence-corrected chi connectivity index (χ4v) is 2.30. The third-order valence-electron chi connectivity index (χ3n) is 1.83. The second-order valence-electron chi connectivity index (χ2n) is 3.38. The molecule has 0 aliphatic rings. The largest absolute Gasteiger partial charge is 0.398 e. The number of aliphatic hydroxyl groups is 1. The van der Waals surface area contributed by atoms with Crippen molar-refractivity contribution in [3.8, 4) is 0 Å². The Morgan fingerprint density at radius 3 is 2.69 bits per heavy atom. The van der Waals surface area contributed by atoms with E-state index in [9.17, 15) is 12.8 Å². The van der Waals surface area contributed by atoms with Crippen LogP contribution in [0.4, 0.5) is 10.1 Å². The molecule has 0 fully saturated rings. The maximum absolute atomic E-state index is 12.7. The lowest BCUT2D eigenvalue weighted by molar-refractivity contribution is 0.198. The first-order valence-electron chi connectivity index (χ1n) is 4.55. The molecule has 0 aromatic heterocycles. The van der Waals surface area contributed by atoms with Crippen LogP contribution in [0.1, 0.15) is 6.92 Å². The highest BCUT2D eigenvalue weighted by atomic mass is 32.2. The van der Waals surface area contributed by atoms with E-state index >= 15 is 0 Å². The Labute approximate surface area is 93.1 Å². The summed E-state index contributed by atoms with van der Waals surface area (Å²) in [6.07, 6.45) is -0.809. The standard InChI is InChI=1S/C9H13FN2O3S/c1-6(13)5-12-16(14,15)9-3-2-7(10)4-8(9)11/h2-4,6,12-13H,5,11H2,1H3/t6-/m0/s1. The number of anilines is 1. The van der Waals surface area contributed by atoms with Gasteiger partial charge < -0.3 is 10.8 Å². The van der Waals surface area contributed by atoms with E-state index in [4.69, 9.17) is 10.8 Å². The summed E-state index contributed by atoms with van der Waals surface area (Å²) in [5.74, 6) is -0.605. The first-order valence-corrected chi connectivity index (χ1v) is 6.04. The number of hydrogen-bond donors (Lipinski definition) is 3. The maximum Gasteiger partial charge on any atom is 0.242 e. The lowest BCUT2D eigenvalue weighted by atomic mass is 10.3. The van der Waals surface area contributed by atoms with Gasteiger partial charge in [0.2, 0.25) is 10.0 Å². The second kappa shape index (κ2) is 4.77. The molecule has 1 atom stereocenters. The highest BCUT2D eigenvalue weighted by Crippen LogP contribution is 2.18. The molecular weight excluding hydrogens is 235 g/mol. The molecule has 7 heteroatoms. The molecule has 1 rings (SSSR count). The van der Waals surface area contributed by atoms with E-state index in [0.717, 1.165) is 18.2 Å². The Balaban J connectivity index is 2.99. The van der Waals surface area contributed by atoms with Crippen LogP contribution in [-0.2, 0) is 10.0 Å². The summed E-state index contributed by atoms with van der Waals surface area (Å²) in [6.45, 7) is 1.32. The summed E-state index contributed by atoms with van der Waals surface area (Å²) < 4.78 is 38.2. The number of nitrogens with two attached hydrogens (primary N) is 1. The number of rotatable bonds is 4. The molecule has 5 nitrogen and oxygen atoms in total. The normalized spacial score (nSPS) is 13.7. The van der Waals surface area contributed by atoms with E-state index in [1.165, 1.54) is 6.92 Å². The van der Waals surface area contributed by atoms with Gasteiger partial charge in [-0.2, -0.15) is 0 Å². The molecule has 90 valence electrons. The van der Waals surface area contributed by atoms with E-state index in [-0.39, 0.29) is 17.1 Å². The summed E-state index contributed by atoms with van der Waals surface area (Å²) in [4.78, 5) is -0.199. The van der Waals surface area contributed by atoms with Crippen molar-refractivity contribution in [2.45, 2.75) is 17.9 Å². The van der Waals surface area contributed by atoms with Gasteiger partial charge in [-0.1, -0.05) is 0 Å². The summed E-state index contributed by atoms with van der Waals surface area (Å²) in [5, 5.41) is 8.96. The Morgan fingerprint density at radius 1 is 1.56 bits per heavy atom. The van der Waals surface area contributed by atoms with Crippen LogP contribution in [0.5, 0.6) is 0 Å². The first kappa shape index (κ1) is 12.9. The van der Waals surface area contributed by atoms with E-state index in [0.29, 0.717) is 0 Å². The van der Waals surface area contributed by atoms with Crippen molar-refractivity contribution in [1.29, 1.82) is 0 Å². The molecule has 0 heterocycles. The van der Waals surface area contributed by atoms with Crippen molar-refractivity contribution in [2.75, 3.05) is 12.3 Å². The molecule has 0 bridgehead atoms. The van der Waals surface area contributed by atoms with Gasteiger partial charge in [0.1, 0.15) is 10.7 Å². The van der Waals surface area contributed by atoms with Gasteiger partial charge in [0.05, 0.1) is 11.8 Å². The minimum atomic E-state index is -3.80. The van der Waals surface area contributed by atoms with Crippen LogP contribution in [0.15, 0.2) is 23.1 Å². The number of hydrogen-bond acceptors (Lipinski definition) is 4. The minimum Gasteiger partial charge on any atom is -0.398 e. The van der Waals surface area contributed by atoms with Gasteiger partial charge in [-0.3, -0.25) is 0 Å². The highest BCUT2D eigenvalue weighted by molar-refractivity contribution is 7.89. The number of nitrogen functional groups attached to an aromatic ring is 1. The summed E-state index contributed by atoms with van der Waals surface area (Å²) in [5.41, 5.74) is 5.22. The molecular formula is C9H13FN2O3S. The Bertz CT molecular complexity index is 474. The predicted octanol–water partition coefficient (Wildman–Crippen LogP) is 0.0670. The van der Waals surface area contributed by atoms with Crippen LogP contribution < -0.4 is 10.5 Å². The molecule has 0 amide bonds. The van der Waals surface area contributed by atoms with E-state index in [2.05, 4.69) is 4.72 Å². The maximum atomic E-state index is 12.7. The molecule has 0 aliphatic carbocycles. The number of halogens is 1. The molecule has 16 heavy (non-hydrogen) atoms. The molecule has 0 unspecified atom stereocenters. The number of aliphatic hydroxyl groups excluding tert-OH is 1. The molecule has 1 aromatic rings. The van der Waals surface area contributed by atoms with Gasteiger partial charge in [-0.15, -0.1) is 0 Å². The van der Waals surface area contributed by atoms with Crippen LogP contribution in [0.3, 0.4) is 0 Å². The summed E-state index contributed by atoms with van der Waals surface area (Å²) in [6, 6.07) is 3.01. The average molecular weight is 248 g/mol. The zero-order valence-electron chi connectivity index (χ0n) is 8.64. The van der Waals surface area contributed by atoms with Crippen molar-refractivity contribution in [1.82, 2.24) is 4.72 Å². The van der Waals surface area contributed by atoms with Crippen LogP contribution in [0.2, 0.25) is 0 Å². The van der Waals surface area contributed by atoms with Gasteiger partial charge in [0.25, 0.3) is 0 Å². The number of benzene rings is 1. The fourth-order valence-electron chi connectivity index (χ4n) is 1.07. The average Bonchev–Trinajstić information content (AvgIpc) is 2.14. The monoisotopic (exact) mass is 248 g/mol. The molecule has 0 aliphatic heterocycles. The van der Waals surface area contributed by atoms with E-state index in [1.807, 2.05) is 0 Å². The zero-order valence-corrected chi connectivity index (χ0v) is 9.46. The molecule has 0 saturated heterocycles. The SMILES string of the molecule is C[C@H](O)CNS(=O)(=O)c1ccc(F)cc1N. The highest BCUT2D eigenvalue weighted by Gasteiger charge is 2.17. The predicted molar refractivity (Wildman–Crippen MR) is 57.7 cm³/mol. The zero-order chi connectivity index (χ0) is 12.3. The van der Waals surface area contributed by atoms with Gasteiger partial charge in [-0.05, 0) is 25.1 Å². The molecule has 1 aromatic carbocycles. The Hall–Kier alpha value is -1.18. The molecule has 4 N–H and O–H groups in total. The van der Waals surface area contributed by atoms with Crippen molar-refractivity contribution in [3.63, 3.8) is 0 Å². The summed E-state index contributed by atoms with van der Waals surface area (Å²) >= 11 is 0. The fraction of sp³-hybridized carbons (Fsp3) is 0.333. The van der Waals surface area contributed by atoms with Gasteiger partial charge >= 0.3 is 0 Å². The molecule has 0 radical (unpaired) electrons. The molecule has 0 spiro atoms. The Morgan fingerprint density at radius 2 is 2.19 bits per heavy atom. The van der Waals surface area contributed by atoms with Crippen LogP contribution in [0.25, 0.3) is 0 Å². The van der Waals surface area contributed by atoms with Crippen molar-refractivity contribution < 1.29 is 17.9 Å².